The molecule has 2 rings (SSSR count). The number of hydrogen-bond acceptors (Lipinski definition) is 4. The number of carbonyl (C=O) groups excluding carboxylic acids is 1. The van der Waals surface area contributed by atoms with Gasteiger partial charge >= 0.3 is 0 Å². The topological polar surface area (TPSA) is 81.6 Å². The number of aliphatic hydroxyl groups excluding tert-OH is 2. The van der Waals surface area contributed by atoms with Gasteiger partial charge in [0, 0.05) is 17.8 Å². The van der Waals surface area contributed by atoms with E-state index in [0.717, 1.165) is 24.2 Å². The van der Waals surface area contributed by atoms with Crippen molar-refractivity contribution < 1.29 is 15.0 Å². The number of anilines is 1. The summed E-state index contributed by atoms with van der Waals surface area (Å²) >= 11 is 0. The molecule has 0 bridgehead atoms. The molecule has 0 aliphatic carbocycles. The third-order valence-corrected chi connectivity index (χ3v) is 3.74. The van der Waals surface area contributed by atoms with Crippen molar-refractivity contribution in [3.05, 3.63) is 29.3 Å². The zero-order valence-electron chi connectivity index (χ0n) is 11.1. The highest BCUT2D eigenvalue weighted by molar-refractivity contribution is 5.95. The molecular weight excluding hydrogens is 244 g/mol. The predicted octanol–water partition coefficient (Wildman–Crippen LogP) is 0.518. The predicted molar refractivity (Wildman–Crippen MR) is 73.3 cm³/mol. The third kappa shape index (κ3) is 2.72. The van der Waals surface area contributed by atoms with Crippen molar-refractivity contribution in [2.75, 3.05) is 25.1 Å². The zero-order chi connectivity index (χ0) is 13.9. The Balaban J connectivity index is 2.16. The van der Waals surface area contributed by atoms with Gasteiger partial charge in [-0.2, -0.15) is 0 Å². The summed E-state index contributed by atoms with van der Waals surface area (Å²) < 4.78 is 0. The lowest BCUT2D eigenvalue weighted by atomic mass is 9.97. The Bertz CT molecular complexity index is 461. The van der Waals surface area contributed by atoms with Gasteiger partial charge in [0.15, 0.2) is 0 Å². The summed E-state index contributed by atoms with van der Waals surface area (Å²) in [5, 5.41) is 24.6. The average molecular weight is 264 g/mol. The SMILES string of the molecule is CCC(CO)(CO)NC(=O)c1ccc2c(c1)CCN2. The van der Waals surface area contributed by atoms with Crippen molar-refractivity contribution in [2.45, 2.75) is 25.3 Å². The molecule has 1 amide bonds. The smallest absolute Gasteiger partial charge is 0.251 e. The van der Waals surface area contributed by atoms with Crippen LogP contribution in [-0.2, 0) is 6.42 Å². The van der Waals surface area contributed by atoms with E-state index >= 15 is 0 Å². The first-order valence-electron chi connectivity index (χ1n) is 6.55. The van der Waals surface area contributed by atoms with Gasteiger partial charge < -0.3 is 20.8 Å². The summed E-state index contributed by atoms with van der Waals surface area (Å²) in [5.41, 5.74) is 1.81. The summed E-state index contributed by atoms with van der Waals surface area (Å²) in [6.45, 7) is 2.16. The van der Waals surface area contributed by atoms with Crippen molar-refractivity contribution in [2.24, 2.45) is 0 Å². The van der Waals surface area contributed by atoms with E-state index in [1.807, 2.05) is 19.1 Å². The first-order chi connectivity index (χ1) is 9.14. The molecule has 0 aromatic heterocycles. The summed E-state index contributed by atoms with van der Waals surface area (Å²) in [5.74, 6) is -0.264. The zero-order valence-corrected chi connectivity index (χ0v) is 11.1. The van der Waals surface area contributed by atoms with E-state index in [0.29, 0.717) is 12.0 Å². The first kappa shape index (κ1) is 13.8. The van der Waals surface area contributed by atoms with Gasteiger partial charge in [0.1, 0.15) is 0 Å². The van der Waals surface area contributed by atoms with Gasteiger partial charge in [-0.05, 0) is 36.6 Å². The monoisotopic (exact) mass is 264 g/mol. The van der Waals surface area contributed by atoms with Crippen LogP contribution >= 0.6 is 0 Å². The van der Waals surface area contributed by atoms with Gasteiger partial charge in [-0.3, -0.25) is 4.79 Å². The molecule has 1 heterocycles. The molecule has 1 aliphatic rings. The normalized spacial score (nSPS) is 13.8. The molecule has 1 aliphatic heterocycles. The van der Waals surface area contributed by atoms with E-state index in [-0.39, 0.29) is 19.1 Å². The van der Waals surface area contributed by atoms with Crippen molar-refractivity contribution in [3.8, 4) is 0 Å². The van der Waals surface area contributed by atoms with Crippen LogP contribution < -0.4 is 10.6 Å². The molecule has 19 heavy (non-hydrogen) atoms. The minimum absolute atomic E-state index is 0.264. The van der Waals surface area contributed by atoms with E-state index in [9.17, 15) is 15.0 Å². The molecule has 0 spiro atoms. The van der Waals surface area contributed by atoms with Crippen LogP contribution in [0.5, 0.6) is 0 Å². The highest BCUT2D eigenvalue weighted by Crippen LogP contribution is 2.23. The molecule has 0 radical (unpaired) electrons. The van der Waals surface area contributed by atoms with Crippen LogP contribution in [0.1, 0.15) is 29.3 Å². The largest absolute Gasteiger partial charge is 0.394 e. The van der Waals surface area contributed by atoms with Gasteiger partial charge in [0.05, 0.1) is 18.8 Å². The van der Waals surface area contributed by atoms with Crippen LogP contribution in [-0.4, -0.2) is 41.4 Å². The number of fused-ring (bicyclic) bond motifs is 1. The molecule has 1 aromatic carbocycles. The molecule has 1 aromatic rings. The summed E-state index contributed by atoms with van der Waals surface area (Å²) in [6.07, 6.45) is 1.38. The third-order valence-electron chi connectivity index (χ3n) is 3.74. The number of hydrogen-bond donors (Lipinski definition) is 4. The van der Waals surface area contributed by atoms with Crippen LogP contribution in [0, 0.1) is 0 Å². The van der Waals surface area contributed by atoms with Crippen molar-refractivity contribution in [1.82, 2.24) is 5.32 Å². The maximum absolute atomic E-state index is 12.2. The fourth-order valence-corrected chi connectivity index (χ4v) is 2.20. The van der Waals surface area contributed by atoms with E-state index in [2.05, 4.69) is 10.6 Å². The highest BCUT2D eigenvalue weighted by Gasteiger charge is 2.29. The lowest BCUT2D eigenvalue weighted by molar-refractivity contribution is 0.0653. The Morgan fingerprint density at radius 3 is 2.79 bits per heavy atom. The summed E-state index contributed by atoms with van der Waals surface area (Å²) in [4.78, 5) is 12.2. The van der Waals surface area contributed by atoms with Crippen LogP contribution in [0.2, 0.25) is 0 Å². The van der Waals surface area contributed by atoms with E-state index in [4.69, 9.17) is 0 Å². The van der Waals surface area contributed by atoms with Gasteiger partial charge in [0.25, 0.3) is 5.91 Å². The Morgan fingerprint density at radius 1 is 1.42 bits per heavy atom. The summed E-state index contributed by atoms with van der Waals surface area (Å²) in [7, 11) is 0. The maximum Gasteiger partial charge on any atom is 0.251 e. The van der Waals surface area contributed by atoms with Crippen LogP contribution in [0.15, 0.2) is 18.2 Å². The van der Waals surface area contributed by atoms with Crippen molar-refractivity contribution in [3.63, 3.8) is 0 Å². The van der Waals surface area contributed by atoms with Crippen LogP contribution in [0.25, 0.3) is 0 Å². The van der Waals surface area contributed by atoms with Crippen LogP contribution in [0.3, 0.4) is 0 Å². The number of rotatable bonds is 5. The molecule has 0 atom stereocenters. The second kappa shape index (κ2) is 5.59. The molecule has 5 heteroatoms. The lowest BCUT2D eigenvalue weighted by Crippen LogP contribution is -2.53. The quantitative estimate of drug-likeness (QED) is 0.625. The number of carbonyl (C=O) groups is 1. The second-order valence-corrected chi connectivity index (χ2v) is 4.95. The minimum Gasteiger partial charge on any atom is -0.394 e. The van der Waals surface area contributed by atoms with E-state index in [1.165, 1.54) is 0 Å². The van der Waals surface area contributed by atoms with Crippen molar-refractivity contribution in [1.29, 1.82) is 0 Å². The number of nitrogens with one attached hydrogen (secondary N) is 2. The van der Waals surface area contributed by atoms with Gasteiger partial charge in [-0.1, -0.05) is 6.92 Å². The second-order valence-electron chi connectivity index (χ2n) is 4.95. The fourth-order valence-electron chi connectivity index (χ4n) is 2.20. The average Bonchev–Trinajstić information content (AvgIpc) is 2.92. The molecule has 5 nitrogen and oxygen atoms in total. The van der Waals surface area contributed by atoms with Gasteiger partial charge in [0.2, 0.25) is 0 Å². The molecular formula is C14H20N2O3. The van der Waals surface area contributed by atoms with Crippen LogP contribution in [0.4, 0.5) is 5.69 Å². The van der Waals surface area contributed by atoms with Gasteiger partial charge in [-0.15, -0.1) is 0 Å². The molecule has 0 saturated heterocycles. The number of aliphatic hydroxyl groups is 2. The highest BCUT2D eigenvalue weighted by atomic mass is 16.3. The Hall–Kier alpha value is -1.59. The van der Waals surface area contributed by atoms with Crippen molar-refractivity contribution >= 4 is 11.6 Å². The van der Waals surface area contributed by atoms with Gasteiger partial charge in [-0.25, -0.2) is 0 Å². The lowest BCUT2D eigenvalue weighted by Gasteiger charge is -2.29. The van der Waals surface area contributed by atoms with E-state index in [1.54, 1.807) is 6.07 Å². The number of benzene rings is 1. The Kier molecular flexibility index (Phi) is 4.07. The number of amides is 1. The Labute approximate surface area is 112 Å². The molecule has 0 saturated carbocycles. The minimum atomic E-state index is -0.950. The van der Waals surface area contributed by atoms with E-state index < -0.39 is 5.54 Å². The molecule has 4 N–H and O–H groups in total. The maximum atomic E-state index is 12.2. The molecule has 104 valence electrons. The standard InChI is InChI=1S/C14H20N2O3/c1-2-14(8-17,9-18)16-13(19)11-3-4-12-10(7-11)5-6-15-12/h3-4,7,15,17-18H,2,5-6,8-9H2,1H3,(H,16,19). The first-order valence-corrected chi connectivity index (χ1v) is 6.55. The molecule has 0 fully saturated rings. The Morgan fingerprint density at radius 2 is 2.16 bits per heavy atom. The fraction of sp³-hybridized carbons (Fsp3) is 0.500. The summed E-state index contributed by atoms with van der Waals surface area (Å²) in [6, 6.07) is 5.50. The molecule has 0 unspecified atom stereocenters.